The van der Waals surface area contributed by atoms with Crippen molar-refractivity contribution in [2.45, 2.75) is 46.6 Å². The number of nitrogens with one attached hydrogen (secondary N) is 1. The predicted molar refractivity (Wildman–Crippen MR) is 81.2 cm³/mol. The Labute approximate surface area is 121 Å². The molecule has 0 aliphatic carbocycles. The molecule has 0 radical (unpaired) electrons. The average molecular weight is 275 g/mol. The molecule has 0 aliphatic rings. The van der Waals surface area contributed by atoms with Crippen molar-refractivity contribution < 1.29 is 0 Å². The normalized spacial score (nSPS) is 11.5. The quantitative estimate of drug-likeness (QED) is 0.824. The molecule has 1 N–H and O–H groups in total. The molecule has 2 heterocycles. The Hall–Kier alpha value is -1.62. The summed E-state index contributed by atoms with van der Waals surface area (Å²) in [6, 6.07) is 2.08. The van der Waals surface area contributed by atoms with Gasteiger partial charge in [0, 0.05) is 25.4 Å². The van der Waals surface area contributed by atoms with E-state index in [2.05, 4.69) is 49.3 Å². The summed E-state index contributed by atoms with van der Waals surface area (Å²) in [7, 11) is 1.97. The van der Waals surface area contributed by atoms with Crippen LogP contribution in [0, 0.1) is 6.92 Å². The van der Waals surface area contributed by atoms with Crippen LogP contribution in [0.1, 0.15) is 50.1 Å². The fourth-order valence-corrected chi connectivity index (χ4v) is 2.34. The molecule has 20 heavy (non-hydrogen) atoms. The number of hydrogen-bond donors (Lipinski definition) is 1. The van der Waals surface area contributed by atoms with Crippen LogP contribution in [0.4, 0.5) is 0 Å². The highest BCUT2D eigenvalue weighted by Gasteiger charge is 2.16. The third-order valence-corrected chi connectivity index (χ3v) is 3.46. The van der Waals surface area contributed by atoms with Gasteiger partial charge in [-0.15, -0.1) is 0 Å². The minimum absolute atomic E-state index is 0.437. The highest BCUT2D eigenvalue weighted by atomic mass is 15.4. The summed E-state index contributed by atoms with van der Waals surface area (Å²) in [4.78, 5) is 0. The van der Waals surface area contributed by atoms with E-state index in [0.29, 0.717) is 5.92 Å². The van der Waals surface area contributed by atoms with Crippen LogP contribution in [-0.4, -0.2) is 26.1 Å². The first kappa shape index (κ1) is 14.8. The van der Waals surface area contributed by atoms with Gasteiger partial charge in [0.15, 0.2) is 5.82 Å². The van der Waals surface area contributed by atoms with Crippen LogP contribution >= 0.6 is 0 Å². The molecule has 2 aromatic rings. The lowest BCUT2D eigenvalue weighted by atomic mass is 10.1. The second-order valence-electron chi connectivity index (χ2n) is 5.53. The Morgan fingerprint density at radius 2 is 2.05 bits per heavy atom. The van der Waals surface area contributed by atoms with Gasteiger partial charge in [-0.2, -0.15) is 10.2 Å². The van der Waals surface area contributed by atoms with Gasteiger partial charge in [0.2, 0.25) is 0 Å². The topological polar surface area (TPSA) is 47.7 Å². The Bertz CT molecular complexity index is 565. The molecule has 110 valence electrons. The zero-order valence-corrected chi connectivity index (χ0v) is 13.1. The maximum absolute atomic E-state index is 4.67. The van der Waals surface area contributed by atoms with Crippen LogP contribution in [0.2, 0.25) is 0 Å². The van der Waals surface area contributed by atoms with Crippen molar-refractivity contribution in [2.24, 2.45) is 7.05 Å². The Balaban J connectivity index is 2.33. The zero-order chi connectivity index (χ0) is 14.7. The van der Waals surface area contributed by atoms with Crippen molar-refractivity contribution in [3.05, 3.63) is 29.2 Å². The molecule has 5 heteroatoms. The molecule has 0 aromatic carbocycles. The molecule has 0 aliphatic heterocycles. The van der Waals surface area contributed by atoms with Crippen molar-refractivity contribution in [3.63, 3.8) is 0 Å². The smallest absolute Gasteiger partial charge is 0.156 e. The molecule has 5 nitrogen and oxygen atoms in total. The second-order valence-corrected chi connectivity index (χ2v) is 5.53. The van der Waals surface area contributed by atoms with Crippen molar-refractivity contribution >= 4 is 0 Å². The summed E-state index contributed by atoms with van der Waals surface area (Å²) in [5.41, 5.74) is 3.39. The van der Waals surface area contributed by atoms with Crippen LogP contribution < -0.4 is 5.32 Å². The number of nitrogens with zero attached hydrogens (tertiary/aromatic N) is 4. The van der Waals surface area contributed by atoms with E-state index in [4.69, 9.17) is 0 Å². The first-order chi connectivity index (χ1) is 9.54. The van der Waals surface area contributed by atoms with Gasteiger partial charge in [0.05, 0.1) is 11.4 Å². The molecule has 0 atom stereocenters. The molecule has 0 amide bonds. The Morgan fingerprint density at radius 3 is 2.65 bits per heavy atom. The second kappa shape index (κ2) is 6.22. The fraction of sp³-hybridized carbons (Fsp3) is 0.600. The molecule has 2 aromatic heterocycles. The summed E-state index contributed by atoms with van der Waals surface area (Å²) in [5, 5.41) is 12.7. The molecule has 0 spiro atoms. The highest BCUT2D eigenvalue weighted by Crippen LogP contribution is 2.19. The van der Waals surface area contributed by atoms with Gasteiger partial charge in [-0.25, -0.2) is 4.68 Å². The van der Waals surface area contributed by atoms with Crippen molar-refractivity contribution in [2.75, 3.05) is 6.54 Å². The lowest BCUT2D eigenvalue weighted by molar-refractivity contribution is 0.653. The number of aromatic nitrogens is 4. The van der Waals surface area contributed by atoms with Crippen molar-refractivity contribution in [1.29, 1.82) is 0 Å². The lowest BCUT2D eigenvalue weighted by Gasteiger charge is -2.08. The molecule has 0 bridgehead atoms. The van der Waals surface area contributed by atoms with Crippen LogP contribution in [0.15, 0.2) is 12.3 Å². The van der Waals surface area contributed by atoms with E-state index >= 15 is 0 Å². The summed E-state index contributed by atoms with van der Waals surface area (Å²) in [6.45, 7) is 10.4. The van der Waals surface area contributed by atoms with Gasteiger partial charge in [-0.1, -0.05) is 20.8 Å². The van der Waals surface area contributed by atoms with E-state index in [1.54, 1.807) is 0 Å². The van der Waals surface area contributed by atoms with Crippen molar-refractivity contribution in [1.82, 2.24) is 24.9 Å². The minimum Gasteiger partial charge on any atom is -0.312 e. The SMILES string of the molecule is CCCNCc1c(C)nn(C)c1-n1ccc(C(C)C)n1. The van der Waals surface area contributed by atoms with Gasteiger partial charge in [0.25, 0.3) is 0 Å². The van der Waals surface area contributed by atoms with Crippen LogP contribution in [0.5, 0.6) is 0 Å². The standard InChI is InChI=1S/C15H25N5/c1-6-8-16-10-13-12(4)17-19(5)15(13)20-9-7-14(18-20)11(2)3/h7,9,11,16H,6,8,10H2,1-5H3. The van der Waals surface area contributed by atoms with E-state index in [1.165, 1.54) is 5.56 Å². The lowest BCUT2D eigenvalue weighted by Crippen LogP contribution is -2.16. The third kappa shape index (κ3) is 2.93. The van der Waals surface area contributed by atoms with Crippen LogP contribution in [0.3, 0.4) is 0 Å². The molecule has 2 rings (SSSR count). The average Bonchev–Trinajstić information content (AvgIpc) is 2.95. The largest absolute Gasteiger partial charge is 0.312 e. The predicted octanol–water partition coefficient (Wildman–Crippen LogP) is 2.54. The van der Waals surface area contributed by atoms with Gasteiger partial charge >= 0.3 is 0 Å². The molecule has 0 saturated heterocycles. The zero-order valence-electron chi connectivity index (χ0n) is 13.1. The molecule has 0 fully saturated rings. The summed E-state index contributed by atoms with van der Waals surface area (Å²) >= 11 is 0. The number of hydrogen-bond acceptors (Lipinski definition) is 3. The van der Waals surface area contributed by atoms with Gasteiger partial charge in [0.1, 0.15) is 0 Å². The van der Waals surface area contributed by atoms with Crippen molar-refractivity contribution in [3.8, 4) is 5.82 Å². The van der Waals surface area contributed by atoms with Crippen LogP contribution in [-0.2, 0) is 13.6 Å². The molecule has 0 unspecified atom stereocenters. The summed E-state index contributed by atoms with van der Waals surface area (Å²) in [6.07, 6.45) is 3.16. The van der Waals surface area contributed by atoms with E-state index in [1.807, 2.05) is 22.6 Å². The number of rotatable bonds is 6. The Kier molecular flexibility index (Phi) is 4.60. The summed E-state index contributed by atoms with van der Waals surface area (Å²) < 4.78 is 3.85. The molecule has 0 saturated carbocycles. The first-order valence-corrected chi connectivity index (χ1v) is 7.33. The maximum atomic E-state index is 4.67. The first-order valence-electron chi connectivity index (χ1n) is 7.33. The molecular weight excluding hydrogens is 250 g/mol. The van der Waals surface area contributed by atoms with Crippen LogP contribution in [0.25, 0.3) is 5.82 Å². The highest BCUT2D eigenvalue weighted by molar-refractivity contribution is 5.37. The van der Waals surface area contributed by atoms with E-state index in [0.717, 1.165) is 36.7 Å². The van der Waals surface area contributed by atoms with Gasteiger partial charge in [-0.3, -0.25) is 4.68 Å². The third-order valence-electron chi connectivity index (χ3n) is 3.46. The number of aryl methyl sites for hydroxylation is 2. The monoisotopic (exact) mass is 275 g/mol. The van der Waals surface area contributed by atoms with Gasteiger partial charge < -0.3 is 5.32 Å². The van der Waals surface area contributed by atoms with E-state index in [9.17, 15) is 0 Å². The summed E-state index contributed by atoms with van der Waals surface area (Å²) in [5.74, 6) is 1.49. The fourth-order valence-electron chi connectivity index (χ4n) is 2.34. The maximum Gasteiger partial charge on any atom is 0.156 e. The molecular formula is C15H25N5. The van der Waals surface area contributed by atoms with E-state index in [-0.39, 0.29) is 0 Å². The minimum atomic E-state index is 0.437. The Morgan fingerprint density at radius 1 is 1.30 bits per heavy atom. The van der Waals surface area contributed by atoms with E-state index < -0.39 is 0 Å². The van der Waals surface area contributed by atoms with Gasteiger partial charge in [-0.05, 0) is 31.9 Å².